The first-order chi connectivity index (χ1) is 9.65. The van der Waals surface area contributed by atoms with Crippen molar-refractivity contribution in [2.75, 3.05) is 19.4 Å². The first kappa shape index (κ1) is 13.8. The number of nitrogens with two attached hydrogens (primary N) is 1. The SMILES string of the molecule is CCOc1cccc(-c2ncc(C(=O)NC)c(N)n2)c1. The highest BCUT2D eigenvalue weighted by molar-refractivity contribution is 5.98. The fraction of sp³-hybridized carbons (Fsp3) is 0.214. The van der Waals surface area contributed by atoms with E-state index in [4.69, 9.17) is 10.5 Å². The summed E-state index contributed by atoms with van der Waals surface area (Å²) in [6.45, 7) is 2.50. The number of nitrogen functional groups attached to an aromatic ring is 1. The summed E-state index contributed by atoms with van der Waals surface area (Å²) in [6, 6.07) is 7.40. The van der Waals surface area contributed by atoms with Gasteiger partial charge in [-0.1, -0.05) is 12.1 Å². The van der Waals surface area contributed by atoms with E-state index in [0.717, 1.165) is 11.3 Å². The minimum atomic E-state index is -0.308. The van der Waals surface area contributed by atoms with Gasteiger partial charge in [0.25, 0.3) is 5.91 Å². The molecule has 1 amide bonds. The van der Waals surface area contributed by atoms with Crippen LogP contribution in [0, 0.1) is 0 Å². The number of anilines is 1. The molecule has 0 saturated heterocycles. The molecule has 0 aliphatic carbocycles. The average molecular weight is 272 g/mol. The van der Waals surface area contributed by atoms with Crippen molar-refractivity contribution in [2.24, 2.45) is 0 Å². The zero-order valence-corrected chi connectivity index (χ0v) is 11.4. The monoisotopic (exact) mass is 272 g/mol. The van der Waals surface area contributed by atoms with Gasteiger partial charge in [-0.15, -0.1) is 0 Å². The first-order valence-electron chi connectivity index (χ1n) is 6.23. The van der Waals surface area contributed by atoms with Gasteiger partial charge in [0.2, 0.25) is 0 Å². The maximum atomic E-state index is 11.5. The Kier molecular flexibility index (Phi) is 4.14. The summed E-state index contributed by atoms with van der Waals surface area (Å²) in [4.78, 5) is 19.9. The highest BCUT2D eigenvalue weighted by Crippen LogP contribution is 2.22. The maximum Gasteiger partial charge on any atom is 0.256 e. The molecule has 0 spiro atoms. The van der Waals surface area contributed by atoms with E-state index in [0.29, 0.717) is 12.4 Å². The second kappa shape index (κ2) is 6.01. The molecule has 0 fully saturated rings. The Morgan fingerprint density at radius 1 is 1.45 bits per heavy atom. The van der Waals surface area contributed by atoms with Gasteiger partial charge in [0, 0.05) is 18.8 Å². The normalized spacial score (nSPS) is 10.1. The quantitative estimate of drug-likeness (QED) is 0.880. The Bertz CT molecular complexity index is 628. The molecular weight excluding hydrogens is 256 g/mol. The standard InChI is InChI=1S/C14H16N4O2/c1-3-20-10-6-4-5-9(7-10)13-17-8-11(12(15)18-13)14(19)16-2/h4-8H,3H2,1-2H3,(H,16,19)(H2,15,17,18). The van der Waals surface area contributed by atoms with Gasteiger partial charge >= 0.3 is 0 Å². The Morgan fingerprint density at radius 2 is 2.25 bits per heavy atom. The Balaban J connectivity index is 2.36. The average Bonchev–Trinajstić information content (AvgIpc) is 2.47. The summed E-state index contributed by atoms with van der Waals surface area (Å²) in [5.74, 6) is 1.03. The van der Waals surface area contributed by atoms with Gasteiger partial charge in [-0.25, -0.2) is 9.97 Å². The molecule has 0 radical (unpaired) electrons. The van der Waals surface area contributed by atoms with Crippen molar-refractivity contribution in [3.63, 3.8) is 0 Å². The molecule has 2 rings (SSSR count). The summed E-state index contributed by atoms with van der Waals surface area (Å²) in [5, 5.41) is 2.49. The van der Waals surface area contributed by atoms with Gasteiger partial charge < -0.3 is 15.8 Å². The second-order valence-corrected chi connectivity index (χ2v) is 4.03. The van der Waals surface area contributed by atoms with E-state index in [-0.39, 0.29) is 17.3 Å². The van der Waals surface area contributed by atoms with E-state index in [1.165, 1.54) is 13.2 Å². The van der Waals surface area contributed by atoms with E-state index in [9.17, 15) is 4.79 Å². The van der Waals surface area contributed by atoms with Crippen molar-refractivity contribution in [3.8, 4) is 17.1 Å². The van der Waals surface area contributed by atoms with Gasteiger partial charge in [-0.3, -0.25) is 4.79 Å². The fourth-order valence-electron chi connectivity index (χ4n) is 1.74. The van der Waals surface area contributed by atoms with Crippen LogP contribution in [0.5, 0.6) is 5.75 Å². The summed E-state index contributed by atoms with van der Waals surface area (Å²) in [7, 11) is 1.53. The molecule has 0 saturated carbocycles. The number of benzene rings is 1. The maximum absolute atomic E-state index is 11.5. The minimum absolute atomic E-state index is 0.149. The van der Waals surface area contributed by atoms with Crippen molar-refractivity contribution in [1.82, 2.24) is 15.3 Å². The van der Waals surface area contributed by atoms with Crippen LogP contribution in [0.1, 0.15) is 17.3 Å². The number of hydrogen-bond acceptors (Lipinski definition) is 5. The van der Waals surface area contributed by atoms with Gasteiger partial charge in [-0.05, 0) is 19.1 Å². The number of carbonyl (C=O) groups excluding carboxylic acids is 1. The topological polar surface area (TPSA) is 90.1 Å². The van der Waals surface area contributed by atoms with Gasteiger partial charge in [0.15, 0.2) is 5.82 Å². The number of rotatable bonds is 4. The minimum Gasteiger partial charge on any atom is -0.494 e. The zero-order chi connectivity index (χ0) is 14.5. The van der Waals surface area contributed by atoms with E-state index in [1.54, 1.807) is 0 Å². The third kappa shape index (κ3) is 2.85. The molecule has 1 aromatic carbocycles. The molecule has 1 aromatic heterocycles. The van der Waals surface area contributed by atoms with Crippen LogP contribution in [0.2, 0.25) is 0 Å². The van der Waals surface area contributed by atoms with Crippen LogP contribution in [0.4, 0.5) is 5.82 Å². The molecule has 6 nitrogen and oxygen atoms in total. The number of aromatic nitrogens is 2. The van der Waals surface area contributed by atoms with Gasteiger partial charge in [0.1, 0.15) is 11.6 Å². The van der Waals surface area contributed by atoms with Crippen molar-refractivity contribution < 1.29 is 9.53 Å². The molecule has 1 heterocycles. The number of ether oxygens (including phenoxy) is 1. The number of carbonyl (C=O) groups is 1. The fourth-order valence-corrected chi connectivity index (χ4v) is 1.74. The lowest BCUT2D eigenvalue weighted by molar-refractivity contribution is 0.0963. The van der Waals surface area contributed by atoms with E-state index < -0.39 is 0 Å². The molecule has 0 aliphatic rings. The predicted octanol–water partition coefficient (Wildman–Crippen LogP) is 1.48. The van der Waals surface area contributed by atoms with Crippen LogP contribution in [0.25, 0.3) is 11.4 Å². The van der Waals surface area contributed by atoms with Crippen molar-refractivity contribution >= 4 is 11.7 Å². The smallest absolute Gasteiger partial charge is 0.256 e. The number of nitrogens with zero attached hydrogens (tertiary/aromatic N) is 2. The lowest BCUT2D eigenvalue weighted by atomic mass is 10.2. The molecule has 104 valence electrons. The highest BCUT2D eigenvalue weighted by Gasteiger charge is 2.12. The highest BCUT2D eigenvalue weighted by atomic mass is 16.5. The number of amides is 1. The lowest BCUT2D eigenvalue weighted by Gasteiger charge is -2.07. The van der Waals surface area contributed by atoms with Crippen LogP contribution >= 0.6 is 0 Å². The largest absolute Gasteiger partial charge is 0.494 e. The van der Waals surface area contributed by atoms with E-state index in [1.807, 2.05) is 31.2 Å². The zero-order valence-electron chi connectivity index (χ0n) is 11.4. The van der Waals surface area contributed by atoms with Crippen LogP contribution in [-0.2, 0) is 0 Å². The van der Waals surface area contributed by atoms with E-state index in [2.05, 4.69) is 15.3 Å². The molecule has 3 N–H and O–H groups in total. The van der Waals surface area contributed by atoms with E-state index >= 15 is 0 Å². The molecule has 20 heavy (non-hydrogen) atoms. The van der Waals surface area contributed by atoms with Crippen molar-refractivity contribution in [3.05, 3.63) is 36.0 Å². The molecule has 6 heteroatoms. The summed E-state index contributed by atoms with van der Waals surface area (Å²) >= 11 is 0. The number of nitrogens with one attached hydrogen (secondary N) is 1. The molecule has 0 unspecified atom stereocenters. The summed E-state index contributed by atoms with van der Waals surface area (Å²) in [6.07, 6.45) is 1.42. The van der Waals surface area contributed by atoms with Crippen LogP contribution < -0.4 is 15.8 Å². The Morgan fingerprint density at radius 3 is 2.90 bits per heavy atom. The molecule has 2 aromatic rings. The Labute approximate surface area is 117 Å². The van der Waals surface area contributed by atoms with Gasteiger partial charge in [-0.2, -0.15) is 0 Å². The third-order valence-electron chi connectivity index (χ3n) is 2.69. The van der Waals surface area contributed by atoms with Crippen LogP contribution in [0.3, 0.4) is 0 Å². The lowest BCUT2D eigenvalue weighted by Crippen LogP contribution is -2.20. The molecule has 0 bridgehead atoms. The summed E-state index contributed by atoms with van der Waals surface area (Å²) in [5.41, 5.74) is 6.83. The third-order valence-corrected chi connectivity index (χ3v) is 2.69. The van der Waals surface area contributed by atoms with Crippen LogP contribution in [0.15, 0.2) is 30.5 Å². The molecular formula is C14H16N4O2. The predicted molar refractivity (Wildman–Crippen MR) is 76.4 cm³/mol. The van der Waals surface area contributed by atoms with Crippen molar-refractivity contribution in [1.29, 1.82) is 0 Å². The van der Waals surface area contributed by atoms with Gasteiger partial charge in [0.05, 0.1) is 12.2 Å². The molecule has 0 atom stereocenters. The van der Waals surface area contributed by atoms with Crippen LogP contribution in [-0.4, -0.2) is 29.5 Å². The first-order valence-corrected chi connectivity index (χ1v) is 6.23. The van der Waals surface area contributed by atoms with Crippen molar-refractivity contribution in [2.45, 2.75) is 6.92 Å². The Hall–Kier alpha value is -2.63. The second-order valence-electron chi connectivity index (χ2n) is 4.03. The molecule has 0 aliphatic heterocycles. The summed E-state index contributed by atoms with van der Waals surface area (Å²) < 4.78 is 5.43. The number of hydrogen-bond donors (Lipinski definition) is 2.